The number of nitrogens with one attached hydrogen (secondary N) is 1. The predicted octanol–water partition coefficient (Wildman–Crippen LogP) is 1.53. The Morgan fingerprint density at radius 3 is 2.82 bits per heavy atom. The highest BCUT2D eigenvalue weighted by Gasteiger charge is 2.29. The van der Waals surface area contributed by atoms with Gasteiger partial charge in [0.1, 0.15) is 0 Å². The fourth-order valence-corrected chi connectivity index (χ4v) is 2.20. The van der Waals surface area contributed by atoms with Crippen molar-refractivity contribution in [2.75, 3.05) is 20.1 Å². The predicted molar refractivity (Wildman–Crippen MR) is 67.3 cm³/mol. The maximum Gasteiger partial charge on any atom is 0.237 e. The summed E-state index contributed by atoms with van der Waals surface area (Å²) < 4.78 is 0. The van der Waals surface area contributed by atoms with E-state index in [9.17, 15) is 4.79 Å². The highest BCUT2D eigenvalue weighted by atomic mass is 16.2. The number of likely N-dealkylation sites (tertiary alicyclic amines) is 1. The Labute approximate surface area is 104 Å². The quantitative estimate of drug-likeness (QED) is 0.806. The molecule has 1 atom stereocenters. The molecule has 0 aromatic rings. The van der Waals surface area contributed by atoms with Crippen LogP contribution < -0.4 is 5.32 Å². The van der Waals surface area contributed by atoms with Crippen molar-refractivity contribution in [3.8, 4) is 6.07 Å². The Morgan fingerprint density at radius 2 is 2.24 bits per heavy atom. The highest BCUT2D eigenvalue weighted by Crippen LogP contribution is 2.23. The van der Waals surface area contributed by atoms with Crippen LogP contribution in [0.15, 0.2) is 0 Å². The summed E-state index contributed by atoms with van der Waals surface area (Å²) in [6.07, 6.45) is 4.03. The number of likely N-dealkylation sites (N-methyl/N-ethyl adjacent to an activating group) is 1. The maximum absolute atomic E-state index is 11.8. The maximum atomic E-state index is 11.8. The summed E-state index contributed by atoms with van der Waals surface area (Å²) in [4.78, 5) is 14.0. The van der Waals surface area contributed by atoms with E-state index in [2.05, 4.69) is 16.3 Å². The molecule has 0 aromatic carbocycles. The van der Waals surface area contributed by atoms with Gasteiger partial charge in [-0.25, -0.2) is 0 Å². The minimum atomic E-state index is -0.301. The zero-order valence-electron chi connectivity index (χ0n) is 11.1. The zero-order chi connectivity index (χ0) is 12.9. The molecule has 4 nitrogen and oxygen atoms in total. The van der Waals surface area contributed by atoms with Crippen molar-refractivity contribution in [3.63, 3.8) is 0 Å². The SMILES string of the molecule is CNC(=O)C1CCCCN1CCC(C)(C)C#N. The van der Waals surface area contributed by atoms with E-state index in [1.54, 1.807) is 7.05 Å². The summed E-state index contributed by atoms with van der Waals surface area (Å²) in [5.41, 5.74) is -0.301. The number of rotatable bonds is 4. The van der Waals surface area contributed by atoms with Crippen LogP contribution >= 0.6 is 0 Å². The molecule has 1 rings (SSSR count). The third-order valence-electron chi connectivity index (χ3n) is 3.49. The van der Waals surface area contributed by atoms with Crippen molar-refractivity contribution in [1.82, 2.24) is 10.2 Å². The first-order valence-corrected chi connectivity index (χ1v) is 6.37. The number of nitrogens with zero attached hydrogens (tertiary/aromatic N) is 2. The summed E-state index contributed by atoms with van der Waals surface area (Å²) in [7, 11) is 1.69. The van der Waals surface area contributed by atoms with E-state index >= 15 is 0 Å². The molecule has 96 valence electrons. The number of carbonyl (C=O) groups excluding carboxylic acids is 1. The van der Waals surface area contributed by atoms with Gasteiger partial charge in [-0.15, -0.1) is 0 Å². The van der Waals surface area contributed by atoms with E-state index in [0.29, 0.717) is 0 Å². The fraction of sp³-hybridized carbons (Fsp3) is 0.846. The van der Waals surface area contributed by atoms with Crippen LogP contribution in [0.1, 0.15) is 39.5 Å². The van der Waals surface area contributed by atoms with Gasteiger partial charge in [0.2, 0.25) is 5.91 Å². The van der Waals surface area contributed by atoms with Gasteiger partial charge in [-0.3, -0.25) is 9.69 Å². The second-order valence-electron chi connectivity index (χ2n) is 5.41. The van der Waals surface area contributed by atoms with Crippen LogP contribution in [0.2, 0.25) is 0 Å². The second kappa shape index (κ2) is 6.02. The summed E-state index contributed by atoms with van der Waals surface area (Å²) in [6, 6.07) is 2.31. The molecule has 1 N–H and O–H groups in total. The molecule has 1 unspecified atom stereocenters. The first-order valence-electron chi connectivity index (χ1n) is 6.37. The average molecular weight is 237 g/mol. The van der Waals surface area contributed by atoms with E-state index in [1.807, 2.05) is 13.8 Å². The highest BCUT2D eigenvalue weighted by molar-refractivity contribution is 5.81. The van der Waals surface area contributed by atoms with E-state index in [4.69, 9.17) is 5.26 Å². The first kappa shape index (κ1) is 14.0. The number of hydrogen-bond acceptors (Lipinski definition) is 3. The van der Waals surface area contributed by atoms with Gasteiger partial charge in [-0.2, -0.15) is 5.26 Å². The van der Waals surface area contributed by atoms with Crippen LogP contribution in [0.4, 0.5) is 0 Å². The Bertz CT molecular complexity index is 306. The van der Waals surface area contributed by atoms with E-state index in [0.717, 1.165) is 38.8 Å². The van der Waals surface area contributed by atoms with Crippen LogP contribution in [0.25, 0.3) is 0 Å². The molecule has 1 fully saturated rings. The van der Waals surface area contributed by atoms with E-state index in [-0.39, 0.29) is 17.4 Å². The molecule has 1 saturated heterocycles. The molecule has 1 amide bonds. The lowest BCUT2D eigenvalue weighted by atomic mass is 9.90. The van der Waals surface area contributed by atoms with Crippen molar-refractivity contribution in [2.24, 2.45) is 5.41 Å². The first-order chi connectivity index (χ1) is 8.00. The Balaban J connectivity index is 2.55. The normalized spacial score (nSPS) is 21.9. The lowest BCUT2D eigenvalue weighted by Crippen LogP contribution is -2.49. The van der Waals surface area contributed by atoms with E-state index in [1.165, 1.54) is 0 Å². The number of nitriles is 1. The van der Waals surface area contributed by atoms with Crippen molar-refractivity contribution in [3.05, 3.63) is 0 Å². The molecular formula is C13H23N3O. The number of carbonyl (C=O) groups is 1. The summed E-state index contributed by atoms with van der Waals surface area (Å²) in [6.45, 7) is 5.70. The van der Waals surface area contributed by atoms with Crippen molar-refractivity contribution in [1.29, 1.82) is 5.26 Å². The molecule has 0 bridgehead atoms. The third-order valence-corrected chi connectivity index (χ3v) is 3.49. The monoisotopic (exact) mass is 237 g/mol. The van der Waals surface area contributed by atoms with Gasteiger partial charge in [0.15, 0.2) is 0 Å². The Hall–Kier alpha value is -1.08. The Kier molecular flexibility index (Phi) is 4.95. The molecule has 0 radical (unpaired) electrons. The van der Waals surface area contributed by atoms with Crippen LogP contribution in [0.5, 0.6) is 0 Å². The van der Waals surface area contributed by atoms with Gasteiger partial charge >= 0.3 is 0 Å². The van der Waals surface area contributed by atoms with Gasteiger partial charge in [-0.05, 0) is 39.7 Å². The molecule has 1 aliphatic heterocycles. The van der Waals surface area contributed by atoms with Gasteiger partial charge in [-0.1, -0.05) is 6.42 Å². The summed E-state index contributed by atoms with van der Waals surface area (Å²) in [5.74, 6) is 0.111. The molecule has 1 heterocycles. The van der Waals surface area contributed by atoms with Gasteiger partial charge in [0.05, 0.1) is 17.5 Å². The van der Waals surface area contributed by atoms with Gasteiger partial charge in [0, 0.05) is 13.6 Å². The molecular weight excluding hydrogens is 214 g/mol. The lowest BCUT2D eigenvalue weighted by molar-refractivity contribution is -0.127. The van der Waals surface area contributed by atoms with E-state index < -0.39 is 0 Å². The molecule has 0 saturated carbocycles. The minimum Gasteiger partial charge on any atom is -0.358 e. The molecule has 17 heavy (non-hydrogen) atoms. The summed E-state index contributed by atoms with van der Waals surface area (Å²) in [5, 5.41) is 11.7. The average Bonchev–Trinajstić information content (AvgIpc) is 2.36. The van der Waals surface area contributed by atoms with Gasteiger partial charge in [0.25, 0.3) is 0 Å². The minimum absolute atomic E-state index is 0.00300. The molecule has 0 spiro atoms. The van der Waals surface area contributed by atoms with Crippen molar-refractivity contribution >= 4 is 5.91 Å². The van der Waals surface area contributed by atoms with Crippen LogP contribution in [0, 0.1) is 16.7 Å². The smallest absolute Gasteiger partial charge is 0.237 e. The van der Waals surface area contributed by atoms with Crippen molar-refractivity contribution in [2.45, 2.75) is 45.6 Å². The number of piperidine rings is 1. The fourth-order valence-electron chi connectivity index (χ4n) is 2.20. The summed E-state index contributed by atoms with van der Waals surface area (Å²) >= 11 is 0. The largest absolute Gasteiger partial charge is 0.358 e. The molecule has 1 aliphatic rings. The van der Waals surface area contributed by atoms with Crippen molar-refractivity contribution < 1.29 is 4.79 Å². The lowest BCUT2D eigenvalue weighted by Gasteiger charge is -2.35. The second-order valence-corrected chi connectivity index (χ2v) is 5.41. The zero-order valence-corrected chi connectivity index (χ0v) is 11.1. The number of amides is 1. The topological polar surface area (TPSA) is 56.1 Å². The third kappa shape index (κ3) is 4.01. The van der Waals surface area contributed by atoms with Gasteiger partial charge < -0.3 is 5.32 Å². The molecule has 4 heteroatoms. The molecule has 0 aromatic heterocycles. The van der Waals surface area contributed by atoms with Crippen LogP contribution in [0.3, 0.4) is 0 Å². The Morgan fingerprint density at radius 1 is 1.53 bits per heavy atom. The standard InChI is InChI=1S/C13H23N3O/c1-13(2,10-14)7-9-16-8-5-4-6-11(16)12(17)15-3/h11H,4-9H2,1-3H3,(H,15,17). The molecule has 0 aliphatic carbocycles. The number of hydrogen-bond donors (Lipinski definition) is 1. The van der Waals surface area contributed by atoms with Crippen LogP contribution in [-0.2, 0) is 4.79 Å². The van der Waals surface area contributed by atoms with Crippen LogP contribution in [-0.4, -0.2) is 37.0 Å².